The summed E-state index contributed by atoms with van der Waals surface area (Å²) in [7, 11) is 2.40. The summed E-state index contributed by atoms with van der Waals surface area (Å²) >= 11 is 6.11. The lowest BCUT2D eigenvalue weighted by Crippen LogP contribution is -2.29. The number of carbonyl (C=O) groups excluding carboxylic acids is 1. The first kappa shape index (κ1) is 29.3. The molecule has 0 aromatic carbocycles. The summed E-state index contributed by atoms with van der Waals surface area (Å²) in [6, 6.07) is 0.0706. The molecule has 1 aromatic heterocycles. The highest BCUT2D eigenvalue weighted by atomic mass is 35.5. The Balaban J connectivity index is 2.82. The number of nitrogens with zero attached hydrogens (tertiary/aromatic N) is 4. The van der Waals surface area contributed by atoms with Gasteiger partial charge in [0.2, 0.25) is 0 Å². The highest BCUT2D eigenvalue weighted by Crippen LogP contribution is 2.19. The average Bonchev–Trinajstić information content (AvgIpc) is 2.79. The number of nitrogens with one attached hydrogen (secondary N) is 1. The van der Waals surface area contributed by atoms with Gasteiger partial charge in [0.05, 0.1) is 18.1 Å². The Morgan fingerprint density at radius 1 is 1.15 bits per heavy atom. The van der Waals surface area contributed by atoms with Crippen molar-refractivity contribution in [1.29, 1.82) is 0 Å². The van der Waals surface area contributed by atoms with E-state index in [1.54, 1.807) is 13.2 Å². The largest absolute Gasteiger partial charge is 0.467 e. The van der Waals surface area contributed by atoms with Crippen LogP contribution in [0.15, 0.2) is 11.8 Å². The van der Waals surface area contributed by atoms with E-state index in [0.717, 1.165) is 58.2 Å². The van der Waals surface area contributed by atoms with Gasteiger partial charge in [-0.2, -0.15) is 9.97 Å². The summed E-state index contributed by atoms with van der Waals surface area (Å²) < 4.78 is 18.4. The molecule has 1 atom stereocenters. The molecule has 33 heavy (non-hydrogen) atoms. The van der Waals surface area contributed by atoms with Gasteiger partial charge in [0.15, 0.2) is 0 Å². The Bertz CT molecular complexity index is 807. The molecular weight excluding hydrogens is 462 g/mol. The first-order valence-corrected chi connectivity index (χ1v) is 13.5. The molecule has 0 aliphatic heterocycles. The third kappa shape index (κ3) is 10.4. The first-order chi connectivity index (χ1) is 15.7. The van der Waals surface area contributed by atoms with Crippen molar-refractivity contribution in [2.24, 2.45) is 0 Å². The van der Waals surface area contributed by atoms with Crippen LogP contribution in [-0.2, 0) is 11.0 Å². The molecule has 0 bridgehead atoms. The quantitative estimate of drug-likeness (QED) is 0.272. The van der Waals surface area contributed by atoms with E-state index in [1.165, 1.54) is 12.8 Å². The van der Waals surface area contributed by atoms with Crippen LogP contribution in [0.3, 0.4) is 0 Å². The second-order valence-corrected chi connectivity index (χ2v) is 9.78. The SMILES string of the molecule is CCCCN(CCCCN(C)S(C)=O)/C(=C/CNC(=O)c1nc(OC)nc(Cl)c1C)CCC. The monoisotopic (exact) mass is 501 g/mol. The van der Waals surface area contributed by atoms with Gasteiger partial charge in [0.1, 0.15) is 10.8 Å². The lowest BCUT2D eigenvalue weighted by atomic mass is 10.1. The van der Waals surface area contributed by atoms with E-state index in [9.17, 15) is 9.00 Å². The van der Waals surface area contributed by atoms with Crippen LogP contribution in [0.5, 0.6) is 6.01 Å². The second kappa shape index (κ2) is 16.0. The van der Waals surface area contributed by atoms with Crippen molar-refractivity contribution < 1.29 is 13.7 Å². The fourth-order valence-electron chi connectivity index (χ4n) is 3.29. The van der Waals surface area contributed by atoms with Crippen molar-refractivity contribution in [3.05, 3.63) is 28.2 Å². The molecule has 8 nitrogen and oxygen atoms in total. The zero-order chi connectivity index (χ0) is 24.8. The van der Waals surface area contributed by atoms with Crippen LogP contribution in [0.25, 0.3) is 0 Å². The minimum Gasteiger partial charge on any atom is -0.467 e. The van der Waals surface area contributed by atoms with Gasteiger partial charge in [-0.15, -0.1) is 0 Å². The van der Waals surface area contributed by atoms with Gasteiger partial charge in [-0.1, -0.05) is 38.3 Å². The van der Waals surface area contributed by atoms with Gasteiger partial charge in [-0.05, 0) is 45.7 Å². The molecule has 0 fully saturated rings. The number of carbonyl (C=O) groups is 1. The zero-order valence-electron chi connectivity index (χ0n) is 20.9. The van der Waals surface area contributed by atoms with E-state index in [0.29, 0.717) is 12.1 Å². The Kier molecular flexibility index (Phi) is 14.2. The molecule has 10 heteroatoms. The van der Waals surface area contributed by atoms with Crippen molar-refractivity contribution in [1.82, 2.24) is 24.5 Å². The van der Waals surface area contributed by atoms with Crippen LogP contribution < -0.4 is 10.1 Å². The number of amides is 1. The first-order valence-electron chi connectivity index (χ1n) is 11.6. The molecule has 0 spiro atoms. The van der Waals surface area contributed by atoms with Crippen molar-refractivity contribution in [3.8, 4) is 6.01 Å². The van der Waals surface area contributed by atoms with E-state index in [1.807, 2.05) is 11.4 Å². The zero-order valence-corrected chi connectivity index (χ0v) is 22.5. The fourth-order valence-corrected chi connectivity index (χ4v) is 3.83. The number of ether oxygens (including phenoxy) is 1. The summed E-state index contributed by atoms with van der Waals surface area (Å²) in [6.45, 7) is 9.22. The lowest BCUT2D eigenvalue weighted by Gasteiger charge is -2.28. The normalized spacial score (nSPS) is 12.7. The predicted octanol–water partition coefficient (Wildman–Crippen LogP) is 3.97. The summed E-state index contributed by atoms with van der Waals surface area (Å²) in [5.74, 6) is -0.307. The number of hydrogen-bond acceptors (Lipinski definition) is 6. The Hall–Kier alpha value is -1.71. The molecule has 1 amide bonds. The minimum atomic E-state index is -0.928. The van der Waals surface area contributed by atoms with Crippen LogP contribution in [0.2, 0.25) is 5.15 Å². The van der Waals surface area contributed by atoms with E-state index >= 15 is 0 Å². The summed E-state index contributed by atoms with van der Waals surface area (Å²) in [5, 5.41) is 3.13. The number of halogens is 1. The standard InChI is InChI=1S/C23H40ClN5O3S/c1-7-9-16-29(17-11-10-15-28(4)33(6)31)19(12-8-2)13-14-25-22(30)20-18(3)21(24)27-23(26-20)32-5/h13H,7-12,14-17H2,1-6H3,(H,25,30)/b19-13+. The number of rotatable bonds is 16. The molecule has 0 saturated heterocycles. The van der Waals surface area contributed by atoms with E-state index in [-0.39, 0.29) is 22.8 Å². The summed E-state index contributed by atoms with van der Waals surface area (Å²) in [5.41, 5.74) is 1.99. The maximum absolute atomic E-state index is 12.7. The average molecular weight is 502 g/mol. The van der Waals surface area contributed by atoms with E-state index in [4.69, 9.17) is 16.3 Å². The molecule has 0 aliphatic rings. The molecule has 1 heterocycles. The molecule has 1 N–H and O–H groups in total. The van der Waals surface area contributed by atoms with Crippen LogP contribution >= 0.6 is 11.6 Å². The highest BCUT2D eigenvalue weighted by Gasteiger charge is 2.16. The van der Waals surface area contributed by atoms with Crippen LogP contribution in [0.4, 0.5) is 0 Å². The number of methoxy groups -OCH3 is 1. The molecular formula is C23H40ClN5O3S. The molecule has 0 radical (unpaired) electrons. The van der Waals surface area contributed by atoms with Gasteiger partial charge >= 0.3 is 6.01 Å². The topological polar surface area (TPSA) is 87.7 Å². The maximum atomic E-state index is 12.7. The Morgan fingerprint density at radius 2 is 1.82 bits per heavy atom. The number of allylic oxidation sites excluding steroid dienone is 1. The molecule has 0 saturated carbocycles. The molecule has 1 rings (SSSR count). The van der Waals surface area contributed by atoms with Crippen LogP contribution in [0.1, 0.15) is 68.4 Å². The minimum absolute atomic E-state index is 0.0706. The fraction of sp³-hybridized carbons (Fsp3) is 0.696. The van der Waals surface area contributed by atoms with Crippen molar-refractivity contribution >= 4 is 28.5 Å². The number of aromatic nitrogens is 2. The van der Waals surface area contributed by atoms with Gasteiger partial charge in [0.25, 0.3) is 5.91 Å². The molecule has 188 valence electrons. The summed E-state index contributed by atoms with van der Waals surface area (Å²) in [6.07, 6.45) is 10.0. The van der Waals surface area contributed by atoms with Crippen molar-refractivity contribution in [2.45, 2.75) is 59.3 Å². The third-order valence-corrected chi connectivity index (χ3v) is 6.78. The second-order valence-electron chi connectivity index (χ2n) is 7.95. The molecule has 1 unspecified atom stereocenters. The molecule has 1 aromatic rings. The highest BCUT2D eigenvalue weighted by molar-refractivity contribution is 7.81. The van der Waals surface area contributed by atoms with Crippen molar-refractivity contribution in [3.63, 3.8) is 0 Å². The molecule has 0 aliphatic carbocycles. The van der Waals surface area contributed by atoms with E-state index < -0.39 is 11.0 Å². The lowest BCUT2D eigenvalue weighted by molar-refractivity contribution is 0.0951. The van der Waals surface area contributed by atoms with Crippen molar-refractivity contribution in [2.75, 3.05) is 46.6 Å². The van der Waals surface area contributed by atoms with E-state index in [2.05, 4.69) is 40.1 Å². The number of unbranched alkanes of at least 4 members (excludes halogenated alkanes) is 2. The van der Waals surface area contributed by atoms with Gasteiger partial charge in [-0.3, -0.25) is 4.79 Å². The van der Waals surface area contributed by atoms with Crippen LogP contribution in [-0.4, -0.2) is 75.9 Å². The van der Waals surface area contributed by atoms with Crippen LogP contribution in [0, 0.1) is 6.92 Å². The smallest absolute Gasteiger partial charge is 0.318 e. The third-order valence-electron chi connectivity index (χ3n) is 5.35. The Morgan fingerprint density at radius 3 is 2.42 bits per heavy atom. The van der Waals surface area contributed by atoms with Gasteiger partial charge in [-0.25, -0.2) is 8.51 Å². The Labute approximate surface area is 206 Å². The van der Waals surface area contributed by atoms with Gasteiger partial charge < -0.3 is 15.0 Å². The van der Waals surface area contributed by atoms with Gasteiger partial charge in [0, 0.05) is 43.7 Å². The maximum Gasteiger partial charge on any atom is 0.318 e. The summed E-state index contributed by atoms with van der Waals surface area (Å²) in [4.78, 5) is 23.3. The predicted molar refractivity (Wildman–Crippen MR) is 136 cm³/mol. The number of hydrogen-bond donors (Lipinski definition) is 1.